The number of benzene rings is 1. The van der Waals surface area contributed by atoms with Gasteiger partial charge in [-0.05, 0) is 67.6 Å². The SMILES string of the molecule is CC(C)C1CC2CC(c3nn(C)c(N)c3C(=O)Nc3ccc(F)c(Cl)c3)CC2C1. The molecule has 1 aromatic carbocycles. The number of hydrogen-bond donors (Lipinski definition) is 2. The molecule has 2 atom stereocenters. The minimum Gasteiger partial charge on any atom is -0.383 e. The lowest BCUT2D eigenvalue weighted by Crippen LogP contribution is -2.16. The Balaban J connectivity index is 1.55. The van der Waals surface area contributed by atoms with Crippen molar-refractivity contribution in [3.63, 3.8) is 0 Å². The van der Waals surface area contributed by atoms with Gasteiger partial charge in [0.25, 0.3) is 5.91 Å². The molecule has 156 valence electrons. The number of hydrogen-bond acceptors (Lipinski definition) is 3. The number of carbonyl (C=O) groups excluding carboxylic acids is 1. The fraction of sp³-hybridized carbons (Fsp3) is 0.545. The molecule has 5 nitrogen and oxygen atoms in total. The Hall–Kier alpha value is -2.08. The lowest BCUT2D eigenvalue weighted by Gasteiger charge is -2.17. The van der Waals surface area contributed by atoms with Gasteiger partial charge < -0.3 is 11.1 Å². The summed E-state index contributed by atoms with van der Waals surface area (Å²) in [5.74, 6) is 2.71. The van der Waals surface area contributed by atoms with Crippen LogP contribution in [0.1, 0.15) is 61.5 Å². The molecule has 2 unspecified atom stereocenters. The van der Waals surface area contributed by atoms with Crippen LogP contribution in [0, 0.1) is 29.5 Å². The maximum absolute atomic E-state index is 13.4. The van der Waals surface area contributed by atoms with Crippen molar-refractivity contribution in [3.8, 4) is 0 Å². The number of amides is 1. The van der Waals surface area contributed by atoms with Gasteiger partial charge in [-0.25, -0.2) is 4.39 Å². The van der Waals surface area contributed by atoms with Crippen molar-refractivity contribution in [3.05, 3.63) is 40.3 Å². The standard InChI is InChI=1S/C22H28ClFN4O/c1-11(2)12-6-13-8-15(9-14(13)7-12)20-19(21(25)28(3)27-20)22(29)26-16-4-5-18(24)17(23)10-16/h4-5,10-15H,6-9,25H2,1-3H3,(H,26,29). The third kappa shape index (κ3) is 3.75. The van der Waals surface area contributed by atoms with E-state index in [4.69, 9.17) is 17.3 Å². The summed E-state index contributed by atoms with van der Waals surface area (Å²) in [5.41, 5.74) is 7.85. The summed E-state index contributed by atoms with van der Waals surface area (Å²) >= 11 is 5.83. The third-order valence-electron chi connectivity index (χ3n) is 6.90. The van der Waals surface area contributed by atoms with E-state index < -0.39 is 5.82 Å². The van der Waals surface area contributed by atoms with Gasteiger partial charge in [0.05, 0.1) is 10.7 Å². The highest BCUT2D eigenvalue weighted by Gasteiger charge is 2.44. The van der Waals surface area contributed by atoms with E-state index in [-0.39, 0.29) is 16.8 Å². The minimum atomic E-state index is -0.525. The van der Waals surface area contributed by atoms with Crippen LogP contribution in [0.5, 0.6) is 0 Å². The third-order valence-corrected chi connectivity index (χ3v) is 7.19. The van der Waals surface area contributed by atoms with Crippen LogP contribution in [0.25, 0.3) is 0 Å². The largest absolute Gasteiger partial charge is 0.383 e. The molecule has 3 N–H and O–H groups in total. The van der Waals surface area contributed by atoms with E-state index in [0.29, 0.717) is 28.9 Å². The molecule has 0 spiro atoms. The molecular weight excluding hydrogens is 391 g/mol. The van der Waals surface area contributed by atoms with Crippen LogP contribution in [0.3, 0.4) is 0 Å². The Bertz CT molecular complexity index is 927. The van der Waals surface area contributed by atoms with E-state index in [1.165, 1.54) is 31.0 Å². The van der Waals surface area contributed by atoms with Gasteiger partial charge in [0.15, 0.2) is 0 Å². The summed E-state index contributed by atoms with van der Waals surface area (Å²) in [7, 11) is 1.76. The summed E-state index contributed by atoms with van der Waals surface area (Å²) in [6.45, 7) is 4.62. The highest BCUT2D eigenvalue weighted by Crippen LogP contribution is 2.54. The molecule has 1 heterocycles. The van der Waals surface area contributed by atoms with Crippen LogP contribution in [0.15, 0.2) is 18.2 Å². The van der Waals surface area contributed by atoms with Gasteiger partial charge in [-0.15, -0.1) is 0 Å². The second kappa shape index (κ2) is 7.63. The molecule has 2 aliphatic carbocycles. The first kappa shape index (κ1) is 20.2. The van der Waals surface area contributed by atoms with Crippen molar-refractivity contribution >= 4 is 29.0 Å². The van der Waals surface area contributed by atoms with Crippen LogP contribution < -0.4 is 11.1 Å². The van der Waals surface area contributed by atoms with Crippen LogP contribution in [-0.4, -0.2) is 15.7 Å². The first-order chi connectivity index (χ1) is 13.7. The lowest BCUT2D eigenvalue weighted by molar-refractivity contribution is 0.102. The number of carbonyl (C=O) groups is 1. The second-order valence-electron chi connectivity index (χ2n) is 9.02. The number of nitrogens with one attached hydrogen (secondary N) is 1. The monoisotopic (exact) mass is 418 g/mol. The van der Waals surface area contributed by atoms with E-state index >= 15 is 0 Å². The number of anilines is 2. The van der Waals surface area contributed by atoms with Crippen LogP contribution >= 0.6 is 11.6 Å². The van der Waals surface area contributed by atoms with Crippen LogP contribution in [0.2, 0.25) is 5.02 Å². The lowest BCUT2D eigenvalue weighted by atomic mass is 9.88. The Labute approximate surface area is 175 Å². The molecule has 2 saturated carbocycles. The predicted molar refractivity (Wildman–Crippen MR) is 114 cm³/mol. The molecule has 4 rings (SSSR count). The number of aromatic nitrogens is 2. The number of nitrogens with zero attached hydrogens (tertiary/aromatic N) is 2. The van der Waals surface area contributed by atoms with Crippen molar-refractivity contribution in [2.75, 3.05) is 11.1 Å². The Morgan fingerprint density at radius 2 is 1.93 bits per heavy atom. The molecule has 2 aliphatic rings. The summed E-state index contributed by atoms with van der Waals surface area (Å²) < 4.78 is 15.0. The Kier molecular flexibility index (Phi) is 5.32. The smallest absolute Gasteiger partial charge is 0.261 e. The van der Waals surface area contributed by atoms with Crippen molar-refractivity contribution in [1.29, 1.82) is 0 Å². The Morgan fingerprint density at radius 3 is 2.52 bits per heavy atom. The normalized spacial score (nSPS) is 26.1. The summed E-state index contributed by atoms with van der Waals surface area (Å²) in [6, 6.07) is 4.11. The molecule has 1 amide bonds. The average Bonchev–Trinajstić information content (AvgIpc) is 3.30. The zero-order valence-corrected chi connectivity index (χ0v) is 17.8. The zero-order chi connectivity index (χ0) is 20.9. The molecular formula is C22H28ClFN4O. The Morgan fingerprint density at radius 1 is 1.28 bits per heavy atom. The summed E-state index contributed by atoms with van der Waals surface area (Å²) in [6.07, 6.45) is 4.67. The topological polar surface area (TPSA) is 72.9 Å². The molecule has 29 heavy (non-hydrogen) atoms. The van der Waals surface area contributed by atoms with Crippen molar-refractivity contribution in [2.24, 2.45) is 30.7 Å². The van der Waals surface area contributed by atoms with E-state index in [1.54, 1.807) is 11.7 Å². The molecule has 0 aliphatic heterocycles. The first-order valence-corrected chi connectivity index (χ1v) is 10.7. The fourth-order valence-corrected chi connectivity index (χ4v) is 5.46. The fourth-order valence-electron chi connectivity index (χ4n) is 5.28. The van der Waals surface area contributed by atoms with E-state index in [9.17, 15) is 9.18 Å². The number of rotatable bonds is 4. The van der Waals surface area contributed by atoms with Gasteiger partial charge >= 0.3 is 0 Å². The quantitative estimate of drug-likeness (QED) is 0.714. The van der Waals surface area contributed by atoms with E-state index in [2.05, 4.69) is 24.3 Å². The van der Waals surface area contributed by atoms with Gasteiger partial charge in [0, 0.05) is 18.7 Å². The summed E-state index contributed by atoms with van der Waals surface area (Å²) in [4.78, 5) is 13.0. The van der Waals surface area contributed by atoms with Gasteiger partial charge in [0.1, 0.15) is 17.2 Å². The van der Waals surface area contributed by atoms with E-state index in [0.717, 1.165) is 30.4 Å². The maximum Gasteiger partial charge on any atom is 0.261 e. The molecule has 2 aromatic rings. The number of halogens is 2. The van der Waals surface area contributed by atoms with Crippen molar-refractivity contribution in [2.45, 2.75) is 45.4 Å². The highest BCUT2D eigenvalue weighted by molar-refractivity contribution is 6.31. The molecule has 2 fully saturated rings. The van der Waals surface area contributed by atoms with Gasteiger partial charge in [-0.1, -0.05) is 25.4 Å². The van der Waals surface area contributed by atoms with Crippen molar-refractivity contribution in [1.82, 2.24) is 9.78 Å². The molecule has 0 saturated heterocycles. The maximum atomic E-state index is 13.4. The molecule has 0 radical (unpaired) electrons. The predicted octanol–water partition coefficient (Wildman–Crippen LogP) is 5.22. The zero-order valence-electron chi connectivity index (χ0n) is 17.1. The molecule has 7 heteroatoms. The molecule has 0 bridgehead atoms. The average molecular weight is 419 g/mol. The molecule has 1 aromatic heterocycles. The van der Waals surface area contributed by atoms with Crippen LogP contribution in [0.4, 0.5) is 15.9 Å². The number of nitrogens with two attached hydrogens (primary N) is 1. The van der Waals surface area contributed by atoms with Gasteiger partial charge in [-0.2, -0.15) is 5.10 Å². The highest BCUT2D eigenvalue weighted by atomic mass is 35.5. The number of aryl methyl sites for hydroxylation is 1. The van der Waals surface area contributed by atoms with Gasteiger partial charge in [0.2, 0.25) is 0 Å². The first-order valence-electron chi connectivity index (χ1n) is 10.3. The van der Waals surface area contributed by atoms with Gasteiger partial charge in [-0.3, -0.25) is 9.48 Å². The number of fused-ring (bicyclic) bond motifs is 1. The second-order valence-corrected chi connectivity index (χ2v) is 9.42. The van der Waals surface area contributed by atoms with E-state index in [1.807, 2.05) is 0 Å². The number of nitrogen functional groups attached to an aromatic ring is 1. The summed E-state index contributed by atoms with van der Waals surface area (Å²) in [5, 5.41) is 7.37. The van der Waals surface area contributed by atoms with Crippen molar-refractivity contribution < 1.29 is 9.18 Å². The van der Waals surface area contributed by atoms with Crippen LogP contribution in [-0.2, 0) is 7.05 Å². The minimum absolute atomic E-state index is 0.0366.